The molecule has 0 saturated carbocycles. The summed E-state index contributed by atoms with van der Waals surface area (Å²) in [6, 6.07) is 0. The summed E-state index contributed by atoms with van der Waals surface area (Å²) in [6.07, 6.45) is 3.28. The van der Waals surface area contributed by atoms with Crippen LogP contribution in [0, 0.1) is 6.92 Å². The Balaban J connectivity index is 1.34. The Morgan fingerprint density at radius 3 is 3.26 bits per heavy atom. The number of carbonyl (C=O) groups excluding carboxylic acids is 1. The second kappa shape index (κ2) is 5.97. The third kappa shape index (κ3) is 2.98. The van der Waals surface area contributed by atoms with E-state index >= 15 is 0 Å². The molecule has 0 aromatic carbocycles. The lowest BCUT2D eigenvalue weighted by atomic mass is 10.2. The molecule has 0 aliphatic carbocycles. The van der Waals surface area contributed by atoms with Crippen LogP contribution in [0.1, 0.15) is 23.5 Å². The fourth-order valence-corrected chi connectivity index (χ4v) is 4.32. The smallest absolute Gasteiger partial charge is 0.226 e. The molecule has 0 saturated heterocycles. The molecule has 7 nitrogen and oxygen atoms in total. The topological polar surface area (TPSA) is 74.9 Å². The van der Waals surface area contributed by atoms with E-state index in [1.165, 1.54) is 0 Å². The van der Waals surface area contributed by atoms with Crippen LogP contribution >= 0.6 is 23.1 Å². The number of aryl methyl sites for hydroxylation is 1. The van der Waals surface area contributed by atoms with Crippen molar-refractivity contribution in [2.24, 2.45) is 4.99 Å². The number of rotatable bonds is 4. The monoisotopic (exact) mass is 348 g/mol. The Morgan fingerprint density at radius 1 is 1.48 bits per heavy atom. The molecule has 2 aromatic rings. The first-order valence-electron chi connectivity index (χ1n) is 7.45. The number of thioether (sulfide) groups is 1. The Hall–Kier alpha value is -1.87. The third-order valence-corrected chi connectivity index (χ3v) is 5.46. The first-order valence-corrected chi connectivity index (χ1v) is 9.15. The summed E-state index contributed by atoms with van der Waals surface area (Å²) < 4.78 is 1.76. The van der Waals surface area contributed by atoms with Gasteiger partial charge in [-0.05, 0) is 18.8 Å². The predicted molar refractivity (Wildman–Crippen MR) is 91.4 cm³/mol. The van der Waals surface area contributed by atoms with Crippen molar-refractivity contribution in [2.45, 2.75) is 26.3 Å². The van der Waals surface area contributed by atoms with Crippen molar-refractivity contribution in [3.05, 3.63) is 28.0 Å². The molecule has 0 fully saturated rings. The van der Waals surface area contributed by atoms with Gasteiger partial charge in [0.2, 0.25) is 10.9 Å². The number of fused-ring (bicyclic) bond motifs is 2. The summed E-state index contributed by atoms with van der Waals surface area (Å²) >= 11 is 3.15. The quantitative estimate of drug-likeness (QED) is 0.911. The van der Waals surface area contributed by atoms with Crippen molar-refractivity contribution in [2.75, 3.05) is 13.1 Å². The standard InChI is InChI=1S/C14H16N6OS2/c1-9-18-20-7-10(17-14(20)23-9)6-16-12(21)5-11-8-22-13-15-3-2-4-19(11)13/h7-8H,2-6H2,1H3,(H,16,21). The highest BCUT2D eigenvalue weighted by Gasteiger charge is 2.26. The predicted octanol–water partition coefficient (Wildman–Crippen LogP) is 1.76. The molecule has 1 N–H and O–H groups in total. The van der Waals surface area contributed by atoms with E-state index in [1.807, 2.05) is 18.5 Å². The number of amides is 1. The lowest BCUT2D eigenvalue weighted by Crippen LogP contribution is -2.32. The maximum Gasteiger partial charge on any atom is 0.226 e. The van der Waals surface area contributed by atoms with Gasteiger partial charge >= 0.3 is 0 Å². The van der Waals surface area contributed by atoms with E-state index in [2.05, 4.69) is 25.3 Å². The number of hydrogen-bond donors (Lipinski definition) is 1. The molecular formula is C14H16N6OS2. The largest absolute Gasteiger partial charge is 0.350 e. The van der Waals surface area contributed by atoms with Gasteiger partial charge in [0, 0.05) is 18.8 Å². The molecule has 0 spiro atoms. The summed E-state index contributed by atoms with van der Waals surface area (Å²) in [4.78, 5) is 24.1. The van der Waals surface area contributed by atoms with Gasteiger partial charge in [0.1, 0.15) is 5.01 Å². The Labute approximate surface area is 141 Å². The van der Waals surface area contributed by atoms with Crippen LogP contribution in [0.3, 0.4) is 0 Å². The van der Waals surface area contributed by atoms with E-state index in [4.69, 9.17) is 0 Å². The van der Waals surface area contributed by atoms with Crippen molar-refractivity contribution in [1.29, 1.82) is 0 Å². The van der Waals surface area contributed by atoms with Gasteiger partial charge in [0.05, 0.1) is 24.9 Å². The van der Waals surface area contributed by atoms with Gasteiger partial charge < -0.3 is 10.2 Å². The van der Waals surface area contributed by atoms with E-state index < -0.39 is 0 Å². The van der Waals surface area contributed by atoms with Crippen LogP contribution in [0.15, 0.2) is 22.3 Å². The van der Waals surface area contributed by atoms with Crippen molar-refractivity contribution >= 4 is 39.1 Å². The Bertz CT molecular complexity index is 789. The Morgan fingerprint density at radius 2 is 2.39 bits per heavy atom. The average Bonchev–Trinajstić information content (AvgIpc) is 3.18. The van der Waals surface area contributed by atoms with Crippen LogP contribution in [-0.2, 0) is 11.3 Å². The van der Waals surface area contributed by atoms with Gasteiger partial charge in [-0.3, -0.25) is 9.79 Å². The molecule has 0 unspecified atom stereocenters. The second-order valence-corrected chi connectivity index (χ2v) is 7.43. The van der Waals surface area contributed by atoms with Gasteiger partial charge in [-0.25, -0.2) is 9.50 Å². The van der Waals surface area contributed by atoms with Crippen molar-refractivity contribution < 1.29 is 4.79 Å². The molecule has 1 amide bonds. The number of amidine groups is 1. The average molecular weight is 348 g/mol. The molecule has 4 rings (SSSR count). The number of imidazole rings is 1. The van der Waals surface area contributed by atoms with Crippen LogP contribution in [0.25, 0.3) is 4.96 Å². The van der Waals surface area contributed by atoms with Crippen LogP contribution in [-0.4, -0.2) is 43.7 Å². The zero-order valence-electron chi connectivity index (χ0n) is 12.7. The van der Waals surface area contributed by atoms with Crippen molar-refractivity contribution in [3.8, 4) is 0 Å². The molecule has 0 atom stereocenters. The summed E-state index contributed by atoms with van der Waals surface area (Å²) in [5, 5.41) is 11.3. The third-order valence-electron chi connectivity index (χ3n) is 3.67. The Kier molecular flexibility index (Phi) is 3.82. The molecule has 120 valence electrons. The zero-order valence-corrected chi connectivity index (χ0v) is 14.3. The van der Waals surface area contributed by atoms with Gasteiger partial charge in [-0.15, -0.1) is 0 Å². The van der Waals surface area contributed by atoms with Gasteiger partial charge in [-0.2, -0.15) is 5.10 Å². The summed E-state index contributed by atoms with van der Waals surface area (Å²) in [5.41, 5.74) is 1.86. The lowest BCUT2D eigenvalue weighted by molar-refractivity contribution is -0.120. The van der Waals surface area contributed by atoms with Crippen LogP contribution < -0.4 is 5.32 Å². The molecular weight excluding hydrogens is 332 g/mol. The number of hydrogen-bond acceptors (Lipinski definition) is 7. The highest BCUT2D eigenvalue weighted by atomic mass is 32.2. The van der Waals surface area contributed by atoms with Crippen LogP contribution in [0.5, 0.6) is 0 Å². The van der Waals surface area contributed by atoms with E-state index in [1.54, 1.807) is 27.6 Å². The first-order chi connectivity index (χ1) is 11.2. The molecule has 2 aromatic heterocycles. The van der Waals surface area contributed by atoms with Gasteiger partial charge in [0.25, 0.3) is 0 Å². The number of aliphatic imine (C=N–C) groups is 1. The molecule has 2 aliphatic rings. The van der Waals surface area contributed by atoms with Gasteiger partial charge in [-0.1, -0.05) is 23.1 Å². The molecule has 0 bridgehead atoms. The highest BCUT2D eigenvalue weighted by Crippen LogP contribution is 2.30. The van der Waals surface area contributed by atoms with Crippen molar-refractivity contribution in [1.82, 2.24) is 24.8 Å². The maximum atomic E-state index is 12.2. The van der Waals surface area contributed by atoms with E-state index in [0.717, 1.165) is 46.0 Å². The molecule has 4 heterocycles. The minimum atomic E-state index is 0.00386. The molecule has 23 heavy (non-hydrogen) atoms. The van der Waals surface area contributed by atoms with E-state index in [9.17, 15) is 4.79 Å². The van der Waals surface area contributed by atoms with Gasteiger partial charge in [0.15, 0.2) is 5.17 Å². The van der Waals surface area contributed by atoms with Crippen LogP contribution in [0.2, 0.25) is 0 Å². The number of nitrogens with zero attached hydrogens (tertiary/aromatic N) is 5. The fraction of sp³-hybridized carbons (Fsp3) is 0.429. The second-order valence-electron chi connectivity index (χ2n) is 5.43. The molecule has 2 aliphatic heterocycles. The summed E-state index contributed by atoms with van der Waals surface area (Å²) in [6.45, 7) is 4.21. The number of carbonyl (C=O) groups is 1. The fourth-order valence-electron chi connectivity index (χ4n) is 2.62. The van der Waals surface area contributed by atoms with Crippen molar-refractivity contribution in [3.63, 3.8) is 0 Å². The molecule has 9 heteroatoms. The molecule has 0 radical (unpaired) electrons. The van der Waals surface area contributed by atoms with E-state index in [0.29, 0.717) is 13.0 Å². The maximum absolute atomic E-state index is 12.2. The zero-order chi connectivity index (χ0) is 15.8. The SMILES string of the molecule is Cc1nn2cc(CNC(=O)CC3=CSC4=NCCCN34)nc2s1. The first kappa shape index (κ1) is 14.7. The minimum absolute atomic E-state index is 0.00386. The minimum Gasteiger partial charge on any atom is -0.350 e. The lowest BCUT2D eigenvalue weighted by Gasteiger charge is -2.25. The summed E-state index contributed by atoms with van der Waals surface area (Å²) in [5.74, 6) is 0.00386. The number of aromatic nitrogens is 3. The van der Waals surface area contributed by atoms with E-state index in [-0.39, 0.29) is 5.91 Å². The summed E-state index contributed by atoms with van der Waals surface area (Å²) in [7, 11) is 0. The normalized spacial score (nSPS) is 17.2. The number of nitrogens with one attached hydrogen (secondary N) is 1. The highest BCUT2D eigenvalue weighted by molar-refractivity contribution is 8.16. The van der Waals surface area contributed by atoms with Crippen LogP contribution in [0.4, 0.5) is 0 Å².